The van der Waals surface area contributed by atoms with E-state index in [9.17, 15) is 4.55 Å². The number of hydrogen-bond acceptors (Lipinski definition) is 8. The number of rotatable bonds is 8. The average Bonchev–Trinajstić information content (AvgIpc) is 3.31. The summed E-state index contributed by atoms with van der Waals surface area (Å²) < 4.78 is 18.0. The Morgan fingerprint density at radius 2 is 2.03 bits per heavy atom. The zero-order valence-electron chi connectivity index (χ0n) is 15.8. The van der Waals surface area contributed by atoms with Crippen LogP contribution in [0.3, 0.4) is 0 Å². The van der Waals surface area contributed by atoms with Crippen molar-refractivity contribution in [3.8, 4) is 5.13 Å². The lowest BCUT2D eigenvalue weighted by Gasteiger charge is -2.11. The van der Waals surface area contributed by atoms with Gasteiger partial charge < -0.3 is 15.6 Å². The van der Waals surface area contributed by atoms with Gasteiger partial charge in [0.25, 0.3) is 0 Å². The Hall–Kier alpha value is -2.66. The maximum atomic E-state index is 12.4. The average molecular weight is 428 g/mol. The number of fused-ring (bicyclic) bond motifs is 1. The SMILES string of the molecule is CCCCN[S+]([O-])c1cccc(Nc2nc(N)n(-c3nc4ccccc4s3)n2)c1. The number of aromatic nitrogens is 4. The van der Waals surface area contributed by atoms with E-state index < -0.39 is 11.4 Å². The smallest absolute Gasteiger partial charge is 0.248 e. The first kappa shape index (κ1) is 19.6. The van der Waals surface area contributed by atoms with E-state index in [0.717, 1.165) is 28.7 Å². The van der Waals surface area contributed by atoms with Crippen molar-refractivity contribution in [3.63, 3.8) is 0 Å². The molecule has 10 heteroatoms. The van der Waals surface area contributed by atoms with Crippen LogP contribution >= 0.6 is 11.3 Å². The van der Waals surface area contributed by atoms with Gasteiger partial charge >= 0.3 is 0 Å². The number of anilines is 3. The van der Waals surface area contributed by atoms with E-state index in [4.69, 9.17) is 5.73 Å². The molecule has 0 saturated carbocycles. The largest absolute Gasteiger partial charge is 0.593 e. The van der Waals surface area contributed by atoms with Crippen LogP contribution in [0.1, 0.15) is 19.8 Å². The van der Waals surface area contributed by atoms with Crippen LogP contribution < -0.4 is 15.8 Å². The van der Waals surface area contributed by atoms with Gasteiger partial charge in [0.05, 0.1) is 21.6 Å². The van der Waals surface area contributed by atoms with Gasteiger partial charge in [-0.15, -0.1) is 9.82 Å². The Kier molecular flexibility index (Phi) is 5.95. The second-order valence-electron chi connectivity index (χ2n) is 6.34. The third kappa shape index (κ3) is 4.51. The van der Waals surface area contributed by atoms with Crippen molar-refractivity contribution >= 4 is 50.5 Å². The summed E-state index contributed by atoms with van der Waals surface area (Å²) in [5.41, 5.74) is 7.67. The second-order valence-corrected chi connectivity index (χ2v) is 8.65. The maximum absolute atomic E-state index is 12.4. The fraction of sp³-hybridized carbons (Fsp3) is 0.211. The topological polar surface area (TPSA) is 117 Å². The summed E-state index contributed by atoms with van der Waals surface area (Å²) in [7, 11) is 0. The second kappa shape index (κ2) is 8.78. The standard InChI is InChI=1S/C19H21N7OS2/c1-2-3-11-21-29(27)14-8-6-7-13(12-14)22-18-24-17(20)26(25-18)19-23-15-9-4-5-10-16(15)28-19/h4-10,12,21H,2-3,11H2,1H3,(H3,20,22,24,25). The van der Waals surface area contributed by atoms with Crippen LogP contribution in [0, 0.1) is 0 Å². The summed E-state index contributed by atoms with van der Waals surface area (Å²) in [6.45, 7) is 2.81. The van der Waals surface area contributed by atoms with Gasteiger partial charge in [-0.2, -0.15) is 9.67 Å². The van der Waals surface area contributed by atoms with Gasteiger partial charge in [-0.3, -0.25) is 0 Å². The molecule has 0 saturated heterocycles. The first-order valence-corrected chi connectivity index (χ1v) is 11.2. The molecule has 2 aromatic heterocycles. The fourth-order valence-corrected chi connectivity index (χ4v) is 4.57. The molecule has 0 amide bonds. The summed E-state index contributed by atoms with van der Waals surface area (Å²) in [6.07, 6.45) is 2.03. The van der Waals surface area contributed by atoms with Crippen molar-refractivity contribution in [1.29, 1.82) is 0 Å². The normalized spacial score (nSPS) is 12.3. The Bertz CT molecular complexity index is 1080. The van der Waals surface area contributed by atoms with E-state index in [1.54, 1.807) is 0 Å². The first-order valence-electron chi connectivity index (χ1n) is 9.25. The molecular formula is C19H21N7OS2. The third-order valence-corrected chi connectivity index (χ3v) is 6.32. The molecule has 2 aromatic carbocycles. The van der Waals surface area contributed by atoms with Crippen molar-refractivity contribution in [3.05, 3.63) is 48.5 Å². The van der Waals surface area contributed by atoms with Gasteiger partial charge in [0.1, 0.15) is 0 Å². The quantitative estimate of drug-likeness (QED) is 0.290. The molecule has 0 aliphatic carbocycles. The minimum absolute atomic E-state index is 0.243. The number of thiazole rings is 1. The van der Waals surface area contributed by atoms with Crippen LogP contribution in [0.15, 0.2) is 53.4 Å². The molecule has 4 N–H and O–H groups in total. The van der Waals surface area contributed by atoms with Crippen LogP contribution in [0.4, 0.5) is 17.6 Å². The molecule has 0 aliphatic heterocycles. The zero-order valence-corrected chi connectivity index (χ0v) is 17.5. The molecule has 1 atom stereocenters. The van der Waals surface area contributed by atoms with Gasteiger partial charge in [-0.05, 0) is 30.7 Å². The molecule has 0 fully saturated rings. The number of unbranched alkanes of at least 4 members (excludes halogenated alkanes) is 1. The Morgan fingerprint density at radius 1 is 1.17 bits per heavy atom. The van der Waals surface area contributed by atoms with Gasteiger partial charge in [0.2, 0.25) is 17.0 Å². The Balaban J connectivity index is 1.52. The van der Waals surface area contributed by atoms with Crippen molar-refractivity contribution in [2.24, 2.45) is 0 Å². The van der Waals surface area contributed by atoms with E-state index in [-0.39, 0.29) is 5.95 Å². The number of nitrogen functional groups attached to an aromatic ring is 1. The van der Waals surface area contributed by atoms with E-state index in [2.05, 4.69) is 32.0 Å². The summed E-state index contributed by atoms with van der Waals surface area (Å²) in [6, 6.07) is 15.2. The van der Waals surface area contributed by atoms with Crippen molar-refractivity contribution in [1.82, 2.24) is 24.5 Å². The molecular weight excluding hydrogens is 406 g/mol. The van der Waals surface area contributed by atoms with Crippen molar-refractivity contribution < 1.29 is 4.55 Å². The molecule has 0 radical (unpaired) electrons. The molecule has 8 nitrogen and oxygen atoms in total. The summed E-state index contributed by atoms with van der Waals surface area (Å²) >= 11 is 0.233. The van der Waals surface area contributed by atoms with Crippen molar-refractivity contribution in [2.75, 3.05) is 17.6 Å². The van der Waals surface area contributed by atoms with Gasteiger partial charge in [0.15, 0.2) is 4.90 Å². The lowest BCUT2D eigenvalue weighted by Crippen LogP contribution is -2.24. The van der Waals surface area contributed by atoms with Gasteiger partial charge in [-0.1, -0.05) is 42.9 Å². The van der Waals surface area contributed by atoms with Crippen LogP contribution in [0.5, 0.6) is 0 Å². The highest BCUT2D eigenvalue weighted by molar-refractivity contribution is 7.89. The molecule has 0 bridgehead atoms. The monoisotopic (exact) mass is 427 g/mol. The third-order valence-electron chi connectivity index (χ3n) is 4.16. The molecule has 29 heavy (non-hydrogen) atoms. The van der Waals surface area contributed by atoms with E-state index in [1.165, 1.54) is 16.0 Å². The zero-order chi connectivity index (χ0) is 20.2. The lowest BCUT2D eigenvalue weighted by molar-refractivity contribution is 0.577. The number of para-hydroxylation sites is 1. The fourth-order valence-electron chi connectivity index (χ4n) is 2.71. The highest BCUT2D eigenvalue weighted by atomic mass is 32.2. The minimum atomic E-state index is -1.26. The van der Waals surface area contributed by atoms with Crippen molar-refractivity contribution in [2.45, 2.75) is 24.7 Å². The molecule has 2 heterocycles. The molecule has 0 aliphatic rings. The molecule has 4 aromatic rings. The van der Waals surface area contributed by atoms with Gasteiger partial charge in [-0.25, -0.2) is 4.98 Å². The Morgan fingerprint density at radius 3 is 2.86 bits per heavy atom. The number of nitrogens with zero attached hydrogens (tertiary/aromatic N) is 4. The summed E-state index contributed by atoms with van der Waals surface area (Å²) in [4.78, 5) is 9.53. The van der Waals surface area contributed by atoms with Crippen LogP contribution in [0.25, 0.3) is 15.3 Å². The predicted octanol–water partition coefficient (Wildman–Crippen LogP) is 3.62. The highest BCUT2D eigenvalue weighted by Gasteiger charge is 2.15. The number of benzene rings is 2. The predicted molar refractivity (Wildman–Crippen MR) is 118 cm³/mol. The van der Waals surface area contributed by atoms with E-state index in [0.29, 0.717) is 22.5 Å². The number of hydrogen-bond donors (Lipinski definition) is 3. The van der Waals surface area contributed by atoms with Gasteiger partial charge in [0, 0.05) is 18.3 Å². The van der Waals surface area contributed by atoms with E-state index >= 15 is 0 Å². The molecule has 4 rings (SSSR count). The number of nitrogens with one attached hydrogen (secondary N) is 2. The first-order chi connectivity index (χ1) is 14.1. The highest BCUT2D eigenvalue weighted by Crippen LogP contribution is 2.26. The Labute approximate surface area is 175 Å². The molecule has 0 spiro atoms. The van der Waals surface area contributed by atoms with E-state index in [1.807, 2.05) is 48.5 Å². The lowest BCUT2D eigenvalue weighted by atomic mass is 10.3. The summed E-state index contributed by atoms with van der Waals surface area (Å²) in [5, 5.41) is 8.21. The summed E-state index contributed by atoms with van der Waals surface area (Å²) in [5.74, 6) is 0.594. The molecule has 1 unspecified atom stereocenters. The molecule has 150 valence electrons. The van der Waals surface area contributed by atoms with Crippen LogP contribution in [0.2, 0.25) is 0 Å². The minimum Gasteiger partial charge on any atom is -0.593 e. The number of nitrogens with two attached hydrogens (primary N) is 1. The maximum Gasteiger partial charge on any atom is 0.248 e. The van der Waals surface area contributed by atoms with Crippen LogP contribution in [-0.2, 0) is 11.4 Å². The van der Waals surface area contributed by atoms with Crippen LogP contribution in [-0.4, -0.2) is 30.8 Å².